The number of hydrogen-bond acceptors (Lipinski definition) is 1. The van der Waals surface area contributed by atoms with Crippen molar-refractivity contribution in [1.82, 2.24) is 4.90 Å². The molecular formula is C11H11F3IN. The van der Waals surface area contributed by atoms with Gasteiger partial charge in [-0.05, 0) is 53.1 Å². The Balaban J connectivity index is 2.08. The Hall–Kier alpha value is -0.300. The molecule has 0 saturated heterocycles. The maximum absolute atomic E-state index is 12.7. The molecule has 1 saturated carbocycles. The predicted molar refractivity (Wildman–Crippen MR) is 63.8 cm³/mol. The van der Waals surface area contributed by atoms with Crippen LogP contribution < -0.4 is 0 Å². The van der Waals surface area contributed by atoms with Gasteiger partial charge >= 0.3 is 6.30 Å². The molecule has 0 aromatic heterocycles. The molecule has 0 atom stereocenters. The summed E-state index contributed by atoms with van der Waals surface area (Å²) >= 11 is 2.14. The Morgan fingerprint density at radius 1 is 1.19 bits per heavy atom. The van der Waals surface area contributed by atoms with Crippen LogP contribution in [-0.4, -0.2) is 17.2 Å². The lowest BCUT2D eigenvalue weighted by molar-refractivity contribution is -0.253. The molecule has 5 heteroatoms. The van der Waals surface area contributed by atoms with Crippen LogP contribution in [0.3, 0.4) is 0 Å². The van der Waals surface area contributed by atoms with Crippen LogP contribution in [0.5, 0.6) is 0 Å². The van der Waals surface area contributed by atoms with E-state index in [0.717, 1.165) is 3.57 Å². The van der Waals surface area contributed by atoms with Crippen molar-refractivity contribution < 1.29 is 13.2 Å². The van der Waals surface area contributed by atoms with Crippen molar-refractivity contribution in [2.24, 2.45) is 0 Å². The first-order valence-corrected chi connectivity index (χ1v) is 6.12. The third-order valence-corrected chi connectivity index (χ3v) is 3.30. The number of rotatable bonds is 3. The number of alkyl halides is 3. The Morgan fingerprint density at radius 2 is 1.75 bits per heavy atom. The zero-order valence-electron chi connectivity index (χ0n) is 8.47. The molecule has 0 heterocycles. The predicted octanol–water partition coefficient (Wildman–Crippen LogP) is 3.78. The molecule has 1 aromatic carbocycles. The number of benzene rings is 1. The Labute approximate surface area is 106 Å². The van der Waals surface area contributed by atoms with Crippen LogP contribution in [0, 0.1) is 3.57 Å². The van der Waals surface area contributed by atoms with Gasteiger partial charge in [-0.25, -0.2) is 4.90 Å². The van der Waals surface area contributed by atoms with Crippen LogP contribution in [-0.2, 0) is 6.54 Å². The third-order valence-electron chi connectivity index (χ3n) is 2.58. The molecule has 1 nitrogen and oxygen atoms in total. The van der Waals surface area contributed by atoms with E-state index in [9.17, 15) is 13.2 Å². The van der Waals surface area contributed by atoms with Gasteiger partial charge in [0, 0.05) is 16.2 Å². The van der Waals surface area contributed by atoms with Crippen molar-refractivity contribution in [3.63, 3.8) is 0 Å². The first kappa shape index (κ1) is 12.2. The zero-order valence-corrected chi connectivity index (χ0v) is 10.6. The Morgan fingerprint density at radius 3 is 2.19 bits per heavy atom. The Kier molecular flexibility index (Phi) is 3.44. The lowest BCUT2D eigenvalue weighted by atomic mass is 10.2. The van der Waals surface area contributed by atoms with Gasteiger partial charge in [0.2, 0.25) is 0 Å². The highest BCUT2D eigenvalue weighted by Gasteiger charge is 2.45. The molecule has 88 valence electrons. The van der Waals surface area contributed by atoms with E-state index in [4.69, 9.17) is 0 Å². The summed E-state index contributed by atoms with van der Waals surface area (Å²) in [5.41, 5.74) is 0.713. The van der Waals surface area contributed by atoms with E-state index < -0.39 is 6.30 Å². The lowest BCUT2D eigenvalue weighted by Gasteiger charge is -2.24. The normalized spacial score (nSPS) is 16.8. The average molecular weight is 341 g/mol. The van der Waals surface area contributed by atoms with E-state index in [1.165, 1.54) is 0 Å². The fourth-order valence-corrected chi connectivity index (χ4v) is 1.96. The summed E-state index contributed by atoms with van der Waals surface area (Å²) < 4.78 is 39.1. The second kappa shape index (κ2) is 4.52. The van der Waals surface area contributed by atoms with Gasteiger partial charge in [-0.15, -0.1) is 0 Å². The van der Waals surface area contributed by atoms with Crippen molar-refractivity contribution >= 4 is 22.6 Å². The smallest absolute Gasteiger partial charge is 0.207 e. The molecule has 1 fully saturated rings. The number of nitrogens with zero attached hydrogens (tertiary/aromatic N) is 1. The van der Waals surface area contributed by atoms with Crippen molar-refractivity contribution in [3.05, 3.63) is 33.4 Å². The van der Waals surface area contributed by atoms with Gasteiger partial charge < -0.3 is 0 Å². The van der Waals surface area contributed by atoms with Crippen molar-refractivity contribution in [3.8, 4) is 0 Å². The van der Waals surface area contributed by atoms with Crippen LogP contribution in [0.15, 0.2) is 24.3 Å². The van der Waals surface area contributed by atoms with Gasteiger partial charge in [-0.1, -0.05) is 12.1 Å². The van der Waals surface area contributed by atoms with Crippen LogP contribution in [0.1, 0.15) is 18.4 Å². The summed E-state index contributed by atoms with van der Waals surface area (Å²) in [6.07, 6.45) is -2.90. The molecule has 0 radical (unpaired) electrons. The van der Waals surface area contributed by atoms with E-state index in [-0.39, 0.29) is 12.6 Å². The molecule has 1 aliphatic rings. The minimum atomic E-state index is -4.22. The molecule has 0 amide bonds. The second-order valence-corrected chi connectivity index (χ2v) is 5.20. The first-order chi connectivity index (χ1) is 7.47. The van der Waals surface area contributed by atoms with Gasteiger partial charge in [0.25, 0.3) is 0 Å². The Bertz CT molecular complexity index is 356. The summed E-state index contributed by atoms with van der Waals surface area (Å²) in [7, 11) is 0. The largest absolute Gasteiger partial charge is 0.460 e. The van der Waals surface area contributed by atoms with Crippen LogP contribution in [0.2, 0.25) is 0 Å². The van der Waals surface area contributed by atoms with Crippen molar-refractivity contribution in [2.75, 3.05) is 0 Å². The molecule has 16 heavy (non-hydrogen) atoms. The van der Waals surface area contributed by atoms with Crippen LogP contribution in [0.4, 0.5) is 13.2 Å². The SMILES string of the molecule is FC(F)(F)N(Cc1ccc(I)cc1)C1CC1. The van der Waals surface area contributed by atoms with Gasteiger partial charge in [0.15, 0.2) is 0 Å². The fourth-order valence-electron chi connectivity index (χ4n) is 1.60. The molecule has 0 spiro atoms. The first-order valence-electron chi connectivity index (χ1n) is 5.05. The average Bonchev–Trinajstić information content (AvgIpc) is 2.98. The third kappa shape index (κ3) is 3.10. The van der Waals surface area contributed by atoms with Crippen molar-refractivity contribution in [2.45, 2.75) is 31.7 Å². The van der Waals surface area contributed by atoms with E-state index in [1.54, 1.807) is 12.1 Å². The van der Waals surface area contributed by atoms with Gasteiger partial charge in [0.05, 0.1) is 0 Å². The fraction of sp³-hybridized carbons (Fsp3) is 0.455. The van der Waals surface area contributed by atoms with E-state index >= 15 is 0 Å². The summed E-state index contributed by atoms with van der Waals surface area (Å²) in [5, 5.41) is 0. The highest BCUT2D eigenvalue weighted by atomic mass is 127. The molecular weight excluding hydrogens is 330 g/mol. The molecule has 1 aromatic rings. The maximum atomic E-state index is 12.7. The minimum absolute atomic E-state index is 0.0366. The lowest BCUT2D eigenvalue weighted by Crippen LogP contribution is -2.39. The van der Waals surface area contributed by atoms with E-state index in [1.807, 2.05) is 12.1 Å². The monoisotopic (exact) mass is 341 g/mol. The second-order valence-electron chi connectivity index (χ2n) is 3.95. The van der Waals surface area contributed by atoms with Gasteiger partial charge in [0.1, 0.15) is 0 Å². The molecule has 0 unspecified atom stereocenters. The van der Waals surface area contributed by atoms with Gasteiger partial charge in [-0.3, -0.25) is 0 Å². The van der Waals surface area contributed by atoms with Gasteiger partial charge in [-0.2, -0.15) is 13.2 Å². The topological polar surface area (TPSA) is 3.24 Å². The van der Waals surface area contributed by atoms with Crippen molar-refractivity contribution in [1.29, 1.82) is 0 Å². The molecule has 0 aliphatic heterocycles. The number of hydrogen-bond donors (Lipinski definition) is 0. The zero-order chi connectivity index (χ0) is 11.8. The molecule has 1 aliphatic carbocycles. The summed E-state index contributed by atoms with van der Waals surface area (Å²) in [4.78, 5) is 0.634. The molecule has 0 bridgehead atoms. The molecule has 0 N–H and O–H groups in total. The van der Waals surface area contributed by atoms with E-state index in [0.29, 0.717) is 23.3 Å². The number of halogens is 4. The maximum Gasteiger partial charge on any atom is 0.460 e. The summed E-state index contributed by atoms with van der Waals surface area (Å²) in [6, 6.07) is 6.86. The van der Waals surface area contributed by atoms with Crippen LogP contribution >= 0.6 is 22.6 Å². The minimum Gasteiger partial charge on any atom is -0.207 e. The quantitative estimate of drug-likeness (QED) is 0.598. The van der Waals surface area contributed by atoms with Crippen LogP contribution in [0.25, 0.3) is 0 Å². The van der Waals surface area contributed by atoms with E-state index in [2.05, 4.69) is 22.6 Å². The molecule has 2 rings (SSSR count). The summed E-state index contributed by atoms with van der Waals surface area (Å²) in [5.74, 6) is 0. The standard InChI is InChI=1S/C11H11F3IN/c12-11(13,14)16(10-5-6-10)7-8-1-3-9(15)4-2-8/h1-4,10H,5-7H2. The highest BCUT2D eigenvalue weighted by molar-refractivity contribution is 14.1. The highest BCUT2D eigenvalue weighted by Crippen LogP contribution is 2.36. The summed E-state index contributed by atoms with van der Waals surface area (Å²) in [6.45, 7) is -0.0366.